The molecule has 1 heterocycles. The van der Waals surface area contributed by atoms with Crippen molar-refractivity contribution in [3.05, 3.63) is 16.1 Å². The first-order valence-corrected chi connectivity index (χ1v) is 5.68. The zero-order chi connectivity index (χ0) is 10.6. The number of nitrogens with zero attached hydrogens (tertiary/aromatic N) is 1. The van der Waals surface area contributed by atoms with Gasteiger partial charge in [0.1, 0.15) is 0 Å². The summed E-state index contributed by atoms with van der Waals surface area (Å²) in [5, 5.41) is 13.5. The van der Waals surface area contributed by atoms with Crippen LogP contribution < -0.4 is 5.32 Å². The number of aliphatic hydroxyl groups excluding tert-OH is 1. The van der Waals surface area contributed by atoms with Crippen LogP contribution in [0.3, 0.4) is 0 Å². The van der Waals surface area contributed by atoms with Crippen LogP contribution in [0.4, 0.5) is 0 Å². The van der Waals surface area contributed by atoms with Gasteiger partial charge < -0.3 is 10.4 Å². The van der Waals surface area contributed by atoms with Crippen LogP contribution in [0.15, 0.2) is 6.20 Å². The fourth-order valence-corrected chi connectivity index (χ4v) is 1.78. The highest BCUT2D eigenvalue weighted by molar-refractivity contribution is 7.11. The molecule has 1 aromatic heterocycles. The van der Waals surface area contributed by atoms with Gasteiger partial charge in [0.15, 0.2) is 0 Å². The molecule has 0 unspecified atom stereocenters. The highest BCUT2D eigenvalue weighted by Crippen LogP contribution is 2.14. The minimum atomic E-state index is -0.212. The molecule has 0 bridgehead atoms. The topological polar surface area (TPSA) is 45.2 Å². The van der Waals surface area contributed by atoms with Crippen LogP contribution in [0, 0.1) is 0 Å². The molecule has 0 saturated carbocycles. The second-order valence-electron chi connectivity index (χ2n) is 3.97. The van der Waals surface area contributed by atoms with E-state index in [0.717, 1.165) is 13.0 Å². The van der Waals surface area contributed by atoms with Gasteiger partial charge in [0.05, 0.1) is 11.6 Å². The van der Waals surface area contributed by atoms with Gasteiger partial charge in [0.25, 0.3) is 0 Å². The molecule has 1 rings (SSSR count). The van der Waals surface area contributed by atoms with Crippen LogP contribution in [-0.4, -0.2) is 22.2 Å². The average molecular weight is 214 g/mol. The molecule has 0 amide bonds. The molecule has 3 nitrogen and oxygen atoms in total. The second kappa shape index (κ2) is 4.87. The van der Waals surface area contributed by atoms with E-state index in [1.807, 2.05) is 20.0 Å². The maximum absolute atomic E-state index is 9.05. The molecule has 0 aliphatic rings. The van der Waals surface area contributed by atoms with Gasteiger partial charge in [-0.15, -0.1) is 11.3 Å². The van der Waals surface area contributed by atoms with Gasteiger partial charge in [-0.05, 0) is 20.3 Å². The summed E-state index contributed by atoms with van der Waals surface area (Å²) in [5.74, 6) is 0. The minimum Gasteiger partial charge on any atom is -0.394 e. The molecular formula is C10H18N2OS. The highest BCUT2D eigenvalue weighted by Gasteiger charge is 2.15. The molecule has 2 N–H and O–H groups in total. The van der Waals surface area contributed by atoms with Crippen LogP contribution >= 0.6 is 11.3 Å². The van der Waals surface area contributed by atoms with E-state index in [2.05, 4.69) is 17.2 Å². The molecule has 1 aromatic rings. The quantitative estimate of drug-likeness (QED) is 0.782. The van der Waals surface area contributed by atoms with Gasteiger partial charge in [-0.3, -0.25) is 0 Å². The molecule has 0 spiro atoms. The number of hydrogen-bond donors (Lipinski definition) is 2. The largest absolute Gasteiger partial charge is 0.394 e. The molecule has 0 radical (unpaired) electrons. The lowest BCUT2D eigenvalue weighted by Crippen LogP contribution is -2.41. The summed E-state index contributed by atoms with van der Waals surface area (Å²) < 4.78 is 0. The Balaban J connectivity index is 2.45. The van der Waals surface area contributed by atoms with Crippen LogP contribution in [0.5, 0.6) is 0 Å². The van der Waals surface area contributed by atoms with Crippen molar-refractivity contribution in [2.75, 3.05) is 6.61 Å². The van der Waals surface area contributed by atoms with Crippen LogP contribution in [0.25, 0.3) is 0 Å². The molecule has 0 aliphatic carbocycles. The van der Waals surface area contributed by atoms with E-state index < -0.39 is 0 Å². The summed E-state index contributed by atoms with van der Waals surface area (Å²) in [4.78, 5) is 5.50. The number of thiazole rings is 1. The lowest BCUT2D eigenvalue weighted by molar-refractivity contribution is 0.187. The molecule has 0 atom stereocenters. The monoisotopic (exact) mass is 214 g/mol. The Kier molecular flexibility index (Phi) is 4.04. The predicted octanol–water partition coefficient (Wildman–Crippen LogP) is 1.57. The Labute approximate surface area is 89.2 Å². The van der Waals surface area contributed by atoms with Gasteiger partial charge in [0, 0.05) is 23.2 Å². The molecular weight excluding hydrogens is 196 g/mol. The third kappa shape index (κ3) is 3.36. The molecule has 0 aromatic carbocycles. The number of nitrogens with one attached hydrogen (secondary N) is 1. The maximum Gasteiger partial charge on any atom is 0.0925 e. The van der Waals surface area contributed by atoms with Crippen molar-refractivity contribution in [1.29, 1.82) is 0 Å². The van der Waals surface area contributed by atoms with Gasteiger partial charge >= 0.3 is 0 Å². The third-order valence-electron chi connectivity index (χ3n) is 2.04. The zero-order valence-corrected chi connectivity index (χ0v) is 9.82. The number of rotatable bonds is 5. The molecule has 14 heavy (non-hydrogen) atoms. The Morgan fingerprint density at radius 3 is 2.79 bits per heavy atom. The summed E-state index contributed by atoms with van der Waals surface area (Å²) in [6.07, 6.45) is 2.90. The van der Waals surface area contributed by atoms with Crippen molar-refractivity contribution in [3.8, 4) is 0 Å². The third-order valence-corrected chi connectivity index (χ3v) is 3.18. The van der Waals surface area contributed by atoms with E-state index in [-0.39, 0.29) is 12.1 Å². The zero-order valence-electron chi connectivity index (χ0n) is 9.00. The van der Waals surface area contributed by atoms with Crippen LogP contribution in [0.2, 0.25) is 0 Å². The molecule has 0 saturated heterocycles. The van der Waals surface area contributed by atoms with Crippen molar-refractivity contribution in [2.24, 2.45) is 0 Å². The number of aryl methyl sites for hydroxylation is 1. The Morgan fingerprint density at radius 2 is 2.29 bits per heavy atom. The van der Waals surface area contributed by atoms with E-state index in [1.165, 1.54) is 9.88 Å². The van der Waals surface area contributed by atoms with Gasteiger partial charge in [-0.1, -0.05) is 6.92 Å². The minimum absolute atomic E-state index is 0.145. The van der Waals surface area contributed by atoms with E-state index in [0.29, 0.717) is 0 Å². The fourth-order valence-electron chi connectivity index (χ4n) is 0.975. The van der Waals surface area contributed by atoms with E-state index in [1.54, 1.807) is 11.3 Å². The van der Waals surface area contributed by atoms with Gasteiger partial charge in [-0.25, -0.2) is 4.98 Å². The van der Waals surface area contributed by atoms with Crippen molar-refractivity contribution >= 4 is 11.3 Å². The highest BCUT2D eigenvalue weighted by atomic mass is 32.1. The normalized spacial score (nSPS) is 12.0. The Bertz CT molecular complexity index is 283. The molecule has 4 heteroatoms. The smallest absolute Gasteiger partial charge is 0.0925 e. The van der Waals surface area contributed by atoms with Crippen molar-refractivity contribution in [2.45, 2.75) is 39.3 Å². The van der Waals surface area contributed by atoms with Gasteiger partial charge in [-0.2, -0.15) is 0 Å². The summed E-state index contributed by atoms with van der Waals surface area (Å²) in [5.41, 5.74) is -0.212. The number of hydrogen-bond acceptors (Lipinski definition) is 4. The first-order chi connectivity index (χ1) is 6.57. The van der Waals surface area contributed by atoms with Crippen LogP contribution in [-0.2, 0) is 13.0 Å². The van der Waals surface area contributed by atoms with Crippen molar-refractivity contribution < 1.29 is 5.11 Å². The average Bonchev–Trinajstić information content (AvgIpc) is 2.63. The van der Waals surface area contributed by atoms with E-state index in [4.69, 9.17) is 5.11 Å². The standard InChI is InChI=1S/C10H18N2OS/c1-4-9-11-5-8(14-9)6-12-10(2,3)7-13/h5,12-13H,4,6-7H2,1-3H3. The lowest BCUT2D eigenvalue weighted by atomic mass is 10.1. The second-order valence-corrected chi connectivity index (χ2v) is 5.17. The first-order valence-electron chi connectivity index (χ1n) is 4.87. The maximum atomic E-state index is 9.05. The predicted molar refractivity (Wildman–Crippen MR) is 59.5 cm³/mol. The summed E-state index contributed by atoms with van der Waals surface area (Å²) in [6.45, 7) is 6.99. The first kappa shape index (κ1) is 11.6. The summed E-state index contributed by atoms with van der Waals surface area (Å²) in [7, 11) is 0. The molecule has 80 valence electrons. The molecule has 0 aliphatic heterocycles. The Hall–Kier alpha value is -0.450. The summed E-state index contributed by atoms with van der Waals surface area (Å²) in [6, 6.07) is 0. The summed E-state index contributed by atoms with van der Waals surface area (Å²) >= 11 is 1.73. The van der Waals surface area contributed by atoms with Crippen molar-refractivity contribution in [3.63, 3.8) is 0 Å². The fraction of sp³-hybridized carbons (Fsp3) is 0.700. The lowest BCUT2D eigenvalue weighted by Gasteiger charge is -2.22. The van der Waals surface area contributed by atoms with Crippen molar-refractivity contribution in [1.82, 2.24) is 10.3 Å². The Morgan fingerprint density at radius 1 is 1.57 bits per heavy atom. The SMILES string of the molecule is CCc1ncc(CNC(C)(C)CO)s1. The number of aromatic nitrogens is 1. The van der Waals surface area contributed by atoms with Gasteiger partial charge in [0.2, 0.25) is 0 Å². The van der Waals surface area contributed by atoms with Crippen LogP contribution in [0.1, 0.15) is 30.7 Å². The molecule has 0 fully saturated rings. The number of aliphatic hydroxyl groups is 1. The van der Waals surface area contributed by atoms with E-state index in [9.17, 15) is 0 Å². The van der Waals surface area contributed by atoms with E-state index >= 15 is 0 Å².